The number of azo groups is 2. The van der Waals surface area contributed by atoms with Crippen LogP contribution in [0.4, 0.5) is 22.7 Å². The van der Waals surface area contributed by atoms with Gasteiger partial charge in [0, 0.05) is 69.9 Å². The first-order chi connectivity index (χ1) is 19.3. The first-order valence-electron chi connectivity index (χ1n) is 11.4. The maximum atomic E-state index is 11.9. The molecule has 0 atom stereocenters. The molecule has 2 radical (unpaired) electrons. The molecule has 13 nitrogen and oxygen atoms in total. The van der Waals surface area contributed by atoms with Gasteiger partial charge in [-0.2, -0.15) is 16.8 Å². The van der Waals surface area contributed by atoms with Crippen molar-refractivity contribution in [2.45, 2.75) is 9.79 Å². The molecule has 0 amide bonds. The molecule has 5 rings (SSSR count). The Kier molecular flexibility index (Phi) is 10.7. The Morgan fingerprint density at radius 3 is 1.53 bits per heavy atom. The van der Waals surface area contributed by atoms with E-state index < -0.39 is 52.9 Å². The summed E-state index contributed by atoms with van der Waals surface area (Å²) in [5.41, 5.74) is -1.07. The van der Waals surface area contributed by atoms with E-state index in [1.165, 1.54) is 24.3 Å². The summed E-state index contributed by atoms with van der Waals surface area (Å²) < 4.78 is 65.8. The van der Waals surface area contributed by atoms with E-state index in [9.17, 15) is 41.3 Å². The number of nitrogens with zero attached hydrogens (tertiary/aromatic N) is 4. The third-order valence-corrected chi connectivity index (χ3v) is 7.66. The molecule has 0 aliphatic rings. The summed E-state index contributed by atoms with van der Waals surface area (Å²) >= 11 is 0. The van der Waals surface area contributed by atoms with Gasteiger partial charge in [0.15, 0.2) is 5.75 Å². The third kappa shape index (κ3) is 7.41. The van der Waals surface area contributed by atoms with Crippen LogP contribution in [0.5, 0.6) is 17.2 Å². The fourth-order valence-corrected chi connectivity index (χ4v) is 5.02. The van der Waals surface area contributed by atoms with E-state index in [1.54, 1.807) is 30.3 Å². The number of phenols is 3. The van der Waals surface area contributed by atoms with Gasteiger partial charge < -0.3 is 15.3 Å². The molecule has 210 valence electrons. The fourth-order valence-electron chi connectivity index (χ4n) is 3.98. The molecule has 5 aromatic rings. The molecule has 0 aromatic heterocycles. The summed E-state index contributed by atoms with van der Waals surface area (Å²) in [5.74, 6) is -1.32. The molecule has 0 spiro atoms. The molecule has 0 aliphatic heterocycles. The Bertz CT molecular complexity index is 2160. The molecule has 0 saturated heterocycles. The van der Waals surface area contributed by atoms with Crippen LogP contribution in [0.3, 0.4) is 0 Å². The van der Waals surface area contributed by atoms with Crippen molar-refractivity contribution in [2.24, 2.45) is 20.5 Å². The molecule has 0 unspecified atom stereocenters. The van der Waals surface area contributed by atoms with Gasteiger partial charge in [0.05, 0.1) is 9.79 Å². The number of benzene rings is 5. The second-order valence-electron chi connectivity index (χ2n) is 8.63. The maximum absolute atomic E-state index is 11.9. The number of hydrogen-bond acceptors (Lipinski definition) is 11. The Hall–Kier alpha value is -2.96. The van der Waals surface area contributed by atoms with Crippen LogP contribution in [0.25, 0.3) is 21.5 Å². The quantitative estimate of drug-likeness (QED) is 0.0875. The van der Waals surface area contributed by atoms with Crippen LogP contribution in [-0.4, -0.2) is 100 Å². The van der Waals surface area contributed by atoms with Crippen LogP contribution in [-0.2, 0) is 20.2 Å². The van der Waals surface area contributed by atoms with Crippen LogP contribution < -0.4 is 0 Å². The van der Waals surface area contributed by atoms with Crippen LogP contribution in [0.1, 0.15) is 0 Å². The molecule has 5 aromatic carbocycles. The Morgan fingerprint density at radius 2 is 1.00 bits per heavy atom. The van der Waals surface area contributed by atoms with Crippen molar-refractivity contribution in [3.8, 4) is 17.2 Å². The topological polar surface area (TPSA) is 219 Å². The second-order valence-corrected chi connectivity index (χ2v) is 11.5. The van der Waals surface area contributed by atoms with Crippen molar-refractivity contribution < 1.29 is 41.3 Å². The summed E-state index contributed by atoms with van der Waals surface area (Å²) in [4.78, 5) is -1.11. The molecular weight excluding hydrogens is 622 g/mol. The first kappa shape index (κ1) is 34.5. The van der Waals surface area contributed by atoms with Crippen LogP contribution in [0.2, 0.25) is 0 Å². The zero-order valence-electron chi connectivity index (χ0n) is 22.5. The SMILES string of the molecule is O=S(=O)(O)c1cc(N=Nc2c(O)ccc3ccccc23)c(O)c(N=Nc2c(O)ccc3cc(S(=O)(=O)O)ccc23)c1.[Na].[Na]. The van der Waals surface area contributed by atoms with Gasteiger partial charge >= 0.3 is 0 Å². The smallest absolute Gasteiger partial charge is 0.294 e. The normalized spacial score (nSPS) is 12.0. The van der Waals surface area contributed by atoms with Gasteiger partial charge in [0.25, 0.3) is 20.2 Å². The van der Waals surface area contributed by atoms with Crippen LogP contribution in [0, 0.1) is 0 Å². The van der Waals surface area contributed by atoms with Gasteiger partial charge in [-0.25, -0.2) is 0 Å². The molecule has 0 saturated carbocycles. The van der Waals surface area contributed by atoms with Crippen molar-refractivity contribution in [1.29, 1.82) is 0 Å². The summed E-state index contributed by atoms with van der Waals surface area (Å²) in [5, 5.41) is 48.8. The summed E-state index contributed by atoms with van der Waals surface area (Å²) in [6.07, 6.45) is 0. The van der Waals surface area contributed by atoms with Gasteiger partial charge in [-0.3, -0.25) is 9.11 Å². The van der Waals surface area contributed by atoms with E-state index in [2.05, 4.69) is 20.5 Å². The van der Waals surface area contributed by atoms with Gasteiger partial charge in [0.2, 0.25) is 0 Å². The molecule has 0 bridgehead atoms. The summed E-state index contributed by atoms with van der Waals surface area (Å²) in [7, 11) is -9.34. The number of fused-ring (bicyclic) bond motifs is 2. The predicted molar refractivity (Wildman–Crippen MR) is 159 cm³/mol. The number of phenolic OH excluding ortho intramolecular Hbond substituents is 3. The van der Waals surface area contributed by atoms with Gasteiger partial charge in [-0.15, -0.1) is 20.5 Å². The van der Waals surface area contributed by atoms with Crippen LogP contribution in [0.15, 0.2) is 109 Å². The third-order valence-electron chi connectivity index (χ3n) is 5.98. The van der Waals surface area contributed by atoms with Crippen LogP contribution >= 0.6 is 0 Å². The van der Waals surface area contributed by atoms with E-state index >= 15 is 0 Å². The molecule has 0 aliphatic carbocycles. The van der Waals surface area contributed by atoms with Crippen molar-refractivity contribution in [3.05, 3.63) is 78.9 Å². The van der Waals surface area contributed by atoms with Gasteiger partial charge in [-0.05, 0) is 47.2 Å². The molecule has 5 N–H and O–H groups in total. The molecule has 0 heterocycles. The zero-order chi connectivity index (χ0) is 29.5. The largest absolute Gasteiger partial charge is 0.506 e. The monoisotopic (exact) mass is 640 g/mol. The fraction of sp³-hybridized carbons (Fsp3) is 0. The predicted octanol–water partition coefficient (Wildman–Crippen LogP) is 5.67. The van der Waals surface area contributed by atoms with Gasteiger partial charge in [-0.1, -0.05) is 42.5 Å². The minimum atomic E-state index is -4.83. The Morgan fingerprint density at radius 1 is 0.512 bits per heavy atom. The van der Waals surface area contributed by atoms with Crippen molar-refractivity contribution >= 4 is 124 Å². The van der Waals surface area contributed by atoms with Crippen molar-refractivity contribution in [1.82, 2.24) is 0 Å². The molecular formula is C26H18N4Na2O9S2. The van der Waals surface area contributed by atoms with E-state index in [4.69, 9.17) is 0 Å². The number of rotatable bonds is 6. The average Bonchev–Trinajstić information content (AvgIpc) is 2.92. The van der Waals surface area contributed by atoms with E-state index in [0.29, 0.717) is 5.39 Å². The number of aromatic hydroxyl groups is 3. The molecule has 43 heavy (non-hydrogen) atoms. The number of hydrogen-bond donors (Lipinski definition) is 5. The maximum Gasteiger partial charge on any atom is 0.294 e. The van der Waals surface area contributed by atoms with Gasteiger partial charge in [0.1, 0.15) is 34.2 Å². The standard InChI is InChI=1S/C26H18N4O9S2.2Na/c31-22-9-5-14-3-1-2-4-18(14)24(22)29-27-20-12-17(41(37,38)39)13-21(26(20)33)28-30-25-19-8-7-16(40(34,35)36)11-15(19)6-10-23(25)32;;/h1-13,31-33H,(H,34,35,36)(H,37,38,39);;. The molecule has 0 fully saturated rings. The van der Waals surface area contributed by atoms with E-state index in [0.717, 1.165) is 29.7 Å². The minimum absolute atomic E-state index is 0. The average molecular weight is 641 g/mol. The molecule has 17 heteroatoms. The first-order valence-corrected chi connectivity index (χ1v) is 14.3. The zero-order valence-corrected chi connectivity index (χ0v) is 28.1. The Labute approximate surface area is 288 Å². The van der Waals surface area contributed by atoms with E-state index in [-0.39, 0.29) is 87.0 Å². The summed E-state index contributed by atoms with van der Waals surface area (Å²) in [6, 6.07) is 17.7. The minimum Gasteiger partial charge on any atom is -0.506 e. The second kappa shape index (κ2) is 13.4. The van der Waals surface area contributed by atoms with Crippen molar-refractivity contribution in [2.75, 3.05) is 0 Å². The Balaban J connectivity index is 0.00000253. The summed E-state index contributed by atoms with van der Waals surface area (Å²) in [6.45, 7) is 0. The van der Waals surface area contributed by atoms with Crippen molar-refractivity contribution in [3.63, 3.8) is 0 Å². The van der Waals surface area contributed by atoms with E-state index in [1.807, 2.05) is 0 Å².